The zero-order valence-electron chi connectivity index (χ0n) is 12.1. The number of nitrogens with zero attached hydrogens (tertiary/aromatic N) is 1. The van der Waals surface area contributed by atoms with E-state index in [4.69, 9.17) is 0 Å². The van der Waals surface area contributed by atoms with Crippen LogP contribution in [0.15, 0.2) is 0 Å². The first-order chi connectivity index (χ1) is 7.96. The van der Waals surface area contributed by atoms with Crippen LogP contribution < -0.4 is 5.32 Å². The molecule has 0 bridgehead atoms. The smallest absolute Gasteiger partial charge is 0.0104 e. The molecule has 2 rings (SSSR count). The summed E-state index contributed by atoms with van der Waals surface area (Å²) in [6.07, 6.45) is 6.04. The van der Waals surface area contributed by atoms with Gasteiger partial charge in [0.25, 0.3) is 0 Å². The molecule has 0 saturated heterocycles. The zero-order chi connectivity index (χ0) is 12.5. The molecule has 0 radical (unpaired) electrons. The van der Waals surface area contributed by atoms with Crippen molar-refractivity contribution in [1.29, 1.82) is 0 Å². The van der Waals surface area contributed by atoms with Gasteiger partial charge in [0, 0.05) is 25.2 Å². The topological polar surface area (TPSA) is 15.3 Å². The molecule has 0 aromatic rings. The maximum atomic E-state index is 3.57. The fourth-order valence-electron chi connectivity index (χ4n) is 2.80. The highest BCUT2D eigenvalue weighted by molar-refractivity contribution is 4.92. The summed E-state index contributed by atoms with van der Waals surface area (Å²) in [6, 6.07) is 0. The van der Waals surface area contributed by atoms with Gasteiger partial charge in [-0.2, -0.15) is 0 Å². The monoisotopic (exact) mass is 238 g/mol. The molecule has 2 heteroatoms. The van der Waals surface area contributed by atoms with Crippen LogP contribution in [0.3, 0.4) is 0 Å². The van der Waals surface area contributed by atoms with Gasteiger partial charge in [0.15, 0.2) is 0 Å². The van der Waals surface area contributed by atoms with Gasteiger partial charge in [-0.15, -0.1) is 0 Å². The van der Waals surface area contributed by atoms with E-state index in [2.05, 4.69) is 38.0 Å². The maximum absolute atomic E-state index is 3.57. The molecule has 2 fully saturated rings. The van der Waals surface area contributed by atoms with Gasteiger partial charge in [-0.25, -0.2) is 0 Å². The summed E-state index contributed by atoms with van der Waals surface area (Å²) in [5, 5.41) is 3.57. The Morgan fingerprint density at radius 2 is 1.65 bits per heavy atom. The standard InChI is InChI=1S/C15H30N2/c1-15(2,3)16-9-10-17(4)11-14(12-5-6-12)13-7-8-13/h12-14,16H,5-11H2,1-4H3. The molecule has 0 heterocycles. The molecule has 0 aromatic carbocycles. The summed E-state index contributed by atoms with van der Waals surface area (Å²) < 4.78 is 0. The largest absolute Gasteiger partial charge is 0.311 e. The van der Waals surface area contributed by atoms with E-state index in [1.807, 2.05) is 0 Å². The van der Waals surface area contributed by atoms with Crippen LogP contribution in [0.4, 0.5) is 0 Å². The van der Waals surface area contributed by atoms with Gasteiger partial charge in [0.2, 0.25) is 0 Å². The van der Waals surface area contributed by atoms with Crippen molar-refractivity contribution < 1.29 is 0 Å². The van der Waals surface area contributed by atoms with Gasteiger partial charge in [-0.1, -0.05) is 0 Å². The van der Waals surface area contributed by atoms with Crippen molar-refractivity contribution in [2.75, 3.05) is 26.7 Å². The maximum Gasteiger partial charge on any atom is 0.0104 e. The minimum Gasteiger partial charge on any atom is -0.311 e. The Hall–Kier alpha value is -0.0800. The Bertz CT molecular complexity index is 224. The Balaban J connectivity index is 1.63. The lowest BCUT2D eigenvalue weighted by Gasteiger charge is -2.26. The van der Waals surface area contributed by atoms with Gasteiger partial charge < -0.3 is 10.2 Å². The summed E-state index contributed by atoms with van der Waals surface area (Å²) in [4.78, 5) is 2.54. The van der Waals surface area contributed by atoms with E-state index in [1.165, 1.54) is 38.8 Å². The fraction of sp³-hybridized carbons (Fsp3) is 1.00. The van der Waals surface area contributed by atoms with Crippen molar-refractivity contribution in [3.05, 3.63) is 0 Å². The molecule has 17 heavy (non-hydrogen) atoms. The van der Waals surface area contributed by atoms with E-state index >= 15 is 0 Å². The molecule has 0 aliphatic heterocycles. The zero-order valence-corrected chi connectivity index (χ0v) is 12.1. The predicted octanol–water partition coefficient (Wildman–Crippen LogP) is 2.74. The number of likely N-dealkylation sites (N-methyl/N-ethyl adjacent to an activating group) is 1. The molecule has 100 valence electrons. The second-order valence-electron chi connectivity index (χ2n) is 7.28. The third-order valence-corrected chi connectivity index (χ3v) is 4.13. The van der Waals surface area contributed by atoms with Gasteiger partial charge in [-0.3, -0.25) is 0 Å². The highest BCUT2D eigenvalue weighted by Crippen LogP contribution is 2.49. The van der Waals surface area contributed by atoms with E-state index in [0.717, 1.165) is 24.3 Å². The summed E-state index contributed by atoms with van der Waals surface area (Å²) in [7, 11) is 2.29. The van der Waals surface area contributed by atoms with Gasteiger partial charge in [0.05, 0.1) is 0 Å². The molecule has 0 unspecified atom stereocenters. The number of rotatable bonds is 7. The summed E-state index contributed by atoms with van der Waals surface area (Å²) in [5.74, 6) is 3.19. The van der Waals surface area contributed by atoms with Crippen molar-refractivity contribution in [1.82, 2.24) is 10.2 Å². The summed E-state index contributed by atoms with van der Waals surface area (Å²) in [5.41, 5.74) is 0.257. The number of nitrogens with one attached hydrogen (secondary N) is 1. The minimum absolute atomic E-state index is 0.257. The van der Waals surface area contributed by atoms with E-state index < -0.39 is 0 Å². The van der Waals surface area contributed by atoms with E-state index in [1.54, 1.807) is 0 Å². The second-order valence-corrected chi connectivity index (χ2v) is 7.28. The fourth-order valence-corrected chi connectivity index (χ4v) is 2.80. The van der Waals surface area contributed by atoms with Crippen LogP contribution in [-0.4, -0.2) is 37.1 Å². The third-order valence-electron chi connectivity index (χ3n) is 4.13. The highest BCUT2D eigenvalue weighted by Gasteiger charge is 2.41. The normalized spacial score (nSPS) is 21.5. The van der Waals surface area contributed by atoms with Gasteiger partial charge >= 0.3 is 0 Å². The lowest BCUT2D eigenvalue weighted by atomic mass is 9.97. The van der Waals surface area contributed by atoms with Crippen LogP contribution in [0.25, 0.3) is 0 Å². The van der Waals surface area contributed by atoms with Crippen LogP contribution >= 0.6 is 0 Å². The van der Waals surface area contributed by atoms with Crippen LogP contribution in [0, 0.1) is 17.8 Å². The Labute approximate surface area is 107 Å². The van der Waals surface area contributed by atoms with Crippen LogP contribution in [0.5, 0.6) is 0 Å². The van der Waals surface area contributed by atoms with Gasteiger partial charge in [0.1, 0.15) is 0 Å². The highest BCUT2D eigenvalue weighted by atomic mass is 15.1. The quantitative estimate of drug-likeness (QED) is 0.733. The third kappa shape index (κ3) is 4.97. The molecule has 2 nitrogen and oxygen atoms in total. The Morgan fingerprint density at radius 1 is 1.12 bits per heavy atom. The van der Waals surface area contributed by atoms with Crippen molar-refractivity contribution in [3.63, 3.8) is 0 Å². The Morgan fingerprint density at radius 3 is 2.06 bits per heavy atom. The predicted molar refractivity (Wildman–Crippen MR) is 74.2 cm³/mol. The molecule has 0 aromatic heterocycles. The van der Waals surface area contributed by atoms with E-state index in [9.17, 15) is 0 Å². The SMILES string of the molecule is CN(CCNC(C)(C)C)CC(C1CC1)C1CC1. The molecular formula is C15H30N2. The van der Waals surface area contributed by atoms with Crippen LogP contribution in [-0.2, 0) is 0 Å². The van der Waals surface area contributed by atoms with E-state index in [0.29, 0.717) is 0 Å². The summed E-state index contributed by atoms with van der Waals surface area (Å²) >= 11 is 0. The molecule has 0 atom stereocenters. The molecular weight excluding hydrogens is 208 g/mol. The average molecular weight is 238 g/mol. The first-order valence-electron chi connectivity index (χ1n) is 7.39. The lowest BCUT2D eigenvalue weighted by molar-refractivity contribution is 0.233. The van der Waals surface area contributed by atoms with Crippen LogP contribution in [0.1, 0.15) is 46.5 Å². The van der Waals surface area contributed by atoms with Crippen molar-refractivity contribution >= 4 is 0 Å². The van der Waals surface area contributed by atoms with Crippen molar-refractivity contribution in [2.45, 2.75) is 52.0 Å². The first kappa shape index (κ1) is 13.4. The summed E-state index contributed by atoms with van der Waals surface area (Å²) in [6.45, 7) is 10.4. The Kier molecular flexibility index (Phi) is 4.14. The van der Waals surface area contributed by atoms with E-state index in [-0.39, 0.29) is 5.54 Å². The minimum atomic E-state index is 0.257. The van der Waals surface area contributed by atoms with Crippen LogP contribution in [0.2, 0.25) is 0 Å². The molecule has 2 aliphatic carbocycles. The molecule has 0 amide bonds. The van der Waals surface area contributed by atoms with Crippen molar-refractivity contribution in [2.24, 2.45) is 17.8 Å². The van der Waals surface area contributed by atoms with Crippen molar-refractivity contribution in [3.8, 4) is 0 Å². The number of hydrogen-bond donors (Lipinski definition) is 1. The molecule has 2 aliphatic rings. The average Bonchev–Trinajstić information content (AvgIpc) is 3.05. The lowest BCUT2D eigenvalue weighted by Crippen LogP contribution is -2.41. The molecule has 0 spiro atoms. The molecule has 2 saturated carbocycles. The van der Waals surface area contributed by atoms with Gasteiger partial charge in [-0.05, 0) is 71.3 Å². The second kappa shape index (κ2) is 5.27. The molecule has 1 N–H and O–H groups in total. The number of hydrogen-bond acceptors (Lipinski definition) is 2. The first-order valence-corrected chi connectivity index (χ1v) is 7.39.